The minimum atomic E-state index is -0.443. The van der Waals surface area contributed by atoms with Crippen molar-refractivity contribution in [2.75, 3.05) is 19.6 Å². The zero-order valence-electron chi connectivity index (χ0n) is 14.0. The number of likely N-dealkylation sites (tertiary alicyclic amines) is 1. The van der Waals surface area contributed by atoms with Crippen LogP contribution in [0.15, 0.2) is 0 Å². The number of nitrogens with zero attached hydrogens (tertiary/aromatic N) is 1. The molecule has 2 fully saturated rings. The number of likely N-dealkylation sites (N-methyl/N-ethyl adjacent to an activating group) is 1. The van der Waals surface area contributed by atoms with Crippen molar-refractivity contribution < 1.29 is 4.79 Å². The SMILES string of the molecule is CCNC1(C(N)=O)CCCC1CCN1CCC(C)CC1C. The lowest BCUT2D eigenvalue weighted by molar-refractivity contribution is -0.126. The zero-order chi connectivity index (χ0) is 15.5. The van der Waals surface area contributed by atoms with Crippen molar-refractivity contribution in [3.05, 3.63) is 0 Å². The Kier molecular flexibility index (Phi) is 5.67. The fraction of sp³-hybridized carbons (Fsp3) is 0.941. The normalized spacial score (nSPS) is 37.8. The molecule has 1 saturated carbocycles. The van der Waals surface area contributed by atoms with Crippen molar-refractivity contribution in [2.24, 2.45) is 17.6 Å². The maximum absolute atomic E-state index is 12.0. The Balaban J connectivity index is 1.93. The predicted molar refractivity (Wildman–Crippen MR) is 87.0 cm³/mol. The highest BCUT2D eigenvalue weighted by molar-refractivity contribution is 5.85. The minimum absolute atomic E-state index is 0.146. The van der Waals surface area contributed by atoms with Gasteiger partial charge in [-0.15, -0.1) is 0 Å². The van der Waals surface area contributed by atoms with Crippen LogP contribution in [0.25, 0.3) is 0 Å². The molecule has 1 heterocycles. The molecule has 0 bridgehead atoms. The quantitative estimate of drug-likeness (QED) is 0.789. The summed E-state index contributed by atoms with van der Waals surface area (Å²) in [6, 6.07) is 0.678. The number of rotatable bonds is 6. The second-order valence-electron chi connectivity index (χ2n) is 7.26. The van der Waals surface area contributed by atoms with E-state index in [0.717, 1.165) is 44.7 Å². The number of carbonyl (C=O) groups is 1. The van der Waals surface area contributed by atoms with Crippen molar-refractivity contribution in [3.8, 4) is 0 Å². The Hall–Kier alpha value is -0.610. The van der Waals surface area contributed by atoms with Gasteiger partial charge in [-0.2, -0.15) is 0 Å². The first-order valence-electron chi connectivity index (χ1n) is 8.78. The first kappa shape index (κ1) is 16.8. The van der Waals surface area contributed by atoms with Gasteiger partial charge in [0.25, 0.3) is 0 Å². The number of nitrogens with two attached hydrogens (primary N) is 1. The molecule has 1 aliphatic carbocycles. The summed E-state index contributed by atoms with van der Waals surface area (Å²) in [4.78, 5) is 14.6. The van der Waals surface area contributed by atoms with Crippen molar-refractivity contribution in [3.63, 3.8) is 0 Å². The predicted octanol–water partition coefficient (Wildman–Crippen LogP) is 2.13. The van der Waals surface area contributed by atoms with E-state index in [1.54, 1.807) is 0 Å². The Bertz CT molecular complexity index is 360. The molecular formula is C17H33N3O. The second-order valence-corrected chi connectivity index (χ2v) is 7.26. The van der Waals surface area contributed by atoms with Crippen molar-refractivity contribution in [1.29, 1.82) is 0 Å². The van der Waals surface area contributed by atoms with Crippen molar-refractivity contribution >= 4 is 5.91 Å². The molecule has 0 radical (unpaired) electrons. The molecule has 1 amide bonds. The van der Waals surface area contributed by atoms with Gasteiger partial charge in [0.05, 0.1) is 0 Å². The lowest BCUT2D eigenvalue weighted by Crippen LogP contribution is -2.58. The van der Waals surface area contributed by atoms with E-state index in [4.69, 9.17) is 5.73 Å². The molecule has 4 unspecified atom stereocenters. The summed E-state index contributed by atoms with van der Waals surface area (Å²) in [5.74, 6) is 1.11. The van der Waals surface area contributed by atoms with E-state index >= 15 is 0 Å². The zero-order valence-corrected chi connectivity index (χ0v) is 14.0. The summed E-state index contributed by atoms with van der Waals surface area (Å²) in [6.07, 6.45) is 6.87. The first-order valence-corrected chi connectivity index (χ1v) is 8.78. The molecule has 122 valence electrons. The van der Waals surface area contributed by atoms with E-state index in [1.807, 2.05) is 0 Å². The Morgan fingerprint density at radius 3 is 2.76 bits per heavy atom. The van der Waals surface area contributed by atoms with Crippen LogP contribution in [-0.2, 0) is 4.79 Å². The van der Waals surface area contributed by atoms with Gasteiger partial charge >= 0.3 is 0 Å². The maximum Gasteiger partial charge on any atom is 0.238 e. The average molecular weight is 295 g/mol. The number of hydrogen-bond donors (Lipinski definition) is 2. The molecule has 4 atom stereocenters. The van der Waals surface area contributed by atoms with Crippen molar-refractivity contribution in [2.45, 2.75) is 70.9 Å². The van der Waals surface area contributed by atoms with Gasteiger partial charge in [-0.3, -0.25) is 4.79 Å². The number of nitrogens with one attached hydrogen (secondary N) is 1. The maximum atomic E-state index is 12.0. The summed E-state index contributed by atoms with van der Waals surface area (Å²) < 4.78 is 0. The van der Waals surface area contributed by atoms with E-state index in [0.29, 0.717) is 12.0 Å². The van der Waals surface area contributed by atoms with E-state index in [9.17, 15) is 4.79 Å². The highest BCUT2D eigenvalue weighted by Crippen LogP contribution is 2.38. The van der Waals surface area contributed by atoms with E-state index < -0.39 is 5.54 Å². The third-order valence-corrected chi connectivity index (χ3v) is 5.79. The van der Waals surface area contributed by atoms with Crippen LogP contribution < -0.4 is 11.1 Å². The van der Waals surface area contributed by atoms with Crippen LogP contribution in [0, 0.1) is 11.8 Å². The highest BCUT2D eigenvalue weighted by Gasteiger charge is 2.46. The highest BCUT2D eigenvalue weighted by atomic mass is 16.1. The minimum Gasteiger partial charge on any atom is -0.368 e. The number of amides is 1. The van der Waals surface area contributed by atoms with Gasteiger partial charge in [-0.25, -0.2) is 0 Å². The van der Waals surface area contributed by atoms with Gasteiger partial charge in [0.15, 0.2) is 0 Å². The summed E-state index contributed by atoms with van der Waals surface area (Å²) in [6.45, 7) is 9.90. The van der Waals surface area contributed by atoms with Gasteiger partial charge < -0.3 is 16.0 Å². The van der Waals surface area contributed by atoms with E-state index in [-0.39, 0.29) is 5.91 Å². The molecule has 0 aromatic rings. The van der Waals surface area contributed by atoms with E-state index in [2.05, 4.69) is 31.0 Å². The van der Waals surface area contributed by atoms with Crippen LogP contribution >= 0.6 is 0 Å². The molecule has 1 saturated heterocycles. The molecule has 21 heavy (non-hydrogen) atoms. The molecule has 0 aromatic carbocycles. The topological polar surface area (TPSA) is 58.4 Å². The smallest absolute Gasteiger partial charge is 0.238 e. The monoisotopic (exact) mass is 295 g/mol. The summed E-state index contributed by atoms with van der Waals surface area (Å²) in [5.41, 5.74) is 5.30. The Labute approximate surface area is 129 Å². The molecule has 2 rings (SSSR count). The molecular weight excluding hydrogens is 262 g/mol. The summed E-state index contributed by atoms with van der Waals surface area (Å²) in [7, 11) is 0. The summed E-state index contributed by atoms with van der Waals surface area (Å²) >= 11 is 0. The summed E-state index contributed by atoms with van der Waals surface area (Å²) in [5, 5.41) is 3.42. The number of carbonyl (C=O) groups excluding carboxylic acids is 1. The van der Waals surface area contributed by atoms with Crippen LogP contribution in [0.2, 0.25) is 0 Å². The lowest BCUT2D eigenvalue weighted by atomic mass is 9.83. The fourth-order valence-electron chi connectivity index (χ4n) is 4.54. The van der Waals surface area contributed by atoms with Crippen LogP contribution in [0.5, 0.6) is 0 Å². The molecule has 3 N–H and O–H groups in total. The lowest BCUT2D eigenvalue weighted by Gasteiger charge is -2.39. The third kappa shape index (κ3) is 3.59. The van der Waals surface area contributed by atoms with Crippen LogP contribution in [-0.4, -0.2) is 42.0 Å². The van der Waals surface area contributed by atoms with Gasteiger partial charge in [-0.1, -0.05) is 20.3 Å². The Morgan fingerprint density at radius 2 is 2.14 bits per heavy atom. The molecule has 0 aromatic heterocycles. The van der Waals surface area contributed by atoms with Gasteiger partial charge in [0.2, 0.25) is 5.91 Å². The number of primary amides is 1. The molecule has 4 heteroatoms. The second kappa shape index (κ2) is 7.10. The van der Waals surface area contributed by atoms with Gasteiger partial charge in [-0.05, 0) is 70.5 Å². The number of hydrogen-bond acceptors (Lipinski definition) is 3. The number of piperidine rings is 1. The molecule has 2 aliphatic rings. The van der Waals surface area contributed by atoms with Crippen LogP contribution in [0.3, 0.4) is 0 Å². The largest absolute Gasteiger partial charge is 0.368 e. The molecule has 4 nitrogen and oxygen atoms in total. The van der Waals surface area contributed by atoms with Gasteiger partial charge in [0, 0.05) is 6.04 Å². The fourth-order valence-corrected chi connectivity index (χ4v) is 4.54. The van der Waals surface area contributed by atoms with E-state index in [1.165, 1.54) is 19.4 Å². The van der Waals surface area contributed by atoms with Gasteiger partial charge in [0.1, 0.15) is 5.54 Å². The van der Waals surface area contributed by atoms with Crippen molar-refractivity contribution in [1.82, 2.24) is 10.2 Å². The molecule has 1 aliphatic heterocycles. The van der Waals surface area contributed by atoms with Crippen LogP contribution in [0.4, 0.5) is 0 Å². The van der Waals surface area contributed by atoms with Crippen LogP contribution in [0.1, 0.15) is 59.3 Å². The molecule has 0 spiro atoms. The third-order valence-electron chi connectivity index (χ3n) is 5.79. The average Bonchev–Trinajstić information content (AvgIpc) is 2.82. The standard InChI is InChI=1S/C17H33N3O/c1-4-19-17(16(18)21)9-5-6-15(17)8-11-20-10-7-13(2)12-14(20)3/h13-15,19H,4-12H2,1-3H3,(H2,18,21). The first-order chi connectivity index (χ1) is 9.99. The Morgan fingerprint density at radius 1 is 1.38 bits per heavy atom.